The molecule has 2 heterocycles. The molecule has 4 rings (SSSR count). The van der Waals surface area contributed by atoms with Crippen LogP contribution in [0.1, 0.15) is 33.4 Å². The predicted molar refractivity (Wildman–Crippen MR) is 136 cm³/mol. The first-order valence-corrected chi connectivity index (χ1v) is 11.8. The highest BCUT2D eigenvalue weighted by Crippen LogP contribution is 2.36. The summed E-state index contributed by atoms with van der Waals surface area (Å²) in [5.74, 6) is 1.03. The van der Waals surface area contributed by atoms with E-state index in [1.165, 1.54) is 0 Å². The first kappa shape index (κ1) is 26.7. The molecule has 4 aromatic rings. The van der Waals surface area contributed by atoms with Gasteiger partial charge in [0.2, 0.25) is 0 Å². The molecular formula is C26H27F3N6O3. The van der Waals surface area contributed by atoms with Crippen molar-refractivity contribution in [2.45, 2.75) is 39.4 Å². The van der Waals surface area contributed by atoms with Crippen molar-refractivity contribution in [1.29, 1.82) is 0 Å². The number of fused-ring (bicyclic) bond motifs is 1. The normalized spacial score (nSPS) is 11.9. The minimum Gasteiger partial charge on any atom is -0.494 e. The van der Waals surface area contributed by atoms with Crippen LogP contribution in [0.2, 0.25) is 0 Å². The number of ether oxygens (including phenoxy) is 2. The van der Waals surface area contributed by atoms with E-state index in [1.54, 1.807) is 42.5 Å². The molecule has 0 aliphatic heterocycles. The van der Waals surface area contributed by atoms with Crippen molar-refractivity contribution >= 4 is 28.3 Å². The number of H-pyrrole nitrogens is 1. The minimum atomic E-state index is -4.65. The van der Waals surface area contributed by atoms with Gasteiger partial charge >= 0.3 is 6.18 Å². The molecule has 0 fully saturated rings. The van der Waals surface area contributed by atoms with Crippen molar-refractivity contribution in [3.05, 3.63) is 54.4 Å². The molecule has 0 atom stereocenters. The van der Waals surface area contributed by atoms with Gasteiger partial charge in [0.25, 0.3) is 5.91 Å². The van der Waals surface area contributed by atoms with Crippen LogP contribution in [-0.4, -0.2) is 44.8 Å². The van der Waals surface area contributed by atoms with Crippen LogP contribution in [-0.2, 0) is 11.0 Å². The van der Waals surface area contributed by atoms with Crippen LogP contribution in [0, 0.1) is 0 Å². The van der Waals surface area contributed by atoms with E-state index in [9.17, 15) is 18.0 Å². The second-order valence-electron chi connectivity index (χ2n) is 9.40. The number of carbonyl (C=O) groups is 1. The molecule has 3 N–H and O–H groups in total. The molecule has 0 spiro atoms. The largest absolute Gasteiger partial charge is 0.494 e. The average molecular weight is 529 g/mol. The molecule has 2 aromatic carbocycles. The van der Waals surface area contributed by atoms with Gasteiger partial charge in [-0.1, -0.05) is 12.1 Å². The number of anilines is 2. The number of nitrogens with one attached hydrogen (secondary N) is 3. The monoisotopic (exact) mass is 528 g/mol. The number of hydrogen-bond donors (Lipinski definition) is 3. The van der Waals surface area contributed by atoms with Gasteiger partial charge in [0.1, 0.15) is 17.3 Å². The van der Waals surface area contributed by atoms with Crippen LogP contribution in [0.25, 0.3) is 22.3 Å². The fourth-order valence-electron chi connectivity index (χ4n) is 3.64. The zero-order chi connectivity index (χ0) is 27.5. The summed E-state index contributed by atoms with van der Waals surface area (Å²) in [7, 11) is 0. The molecule has 0 saturated heterocycles. The number of nitrogens with zero attached hydrogens (tertiary/aromatic N) is 3. The van der Waals surface area contributed by atoms with Gasteiger partial charge in [0, 0.05) is 16.5 Å². The van der Waals surface area contributed by atoms with Crippen molar-refractivity contribution in [2.24, 2.45) is 0 Å². The maximum atomic E-state index is 13.5. The van der Waals surface area contributed by atoms with Crippen molar-refractivity contribution in [2.75, 3.05) is 18.5 Å². The number of carbonyl (C=O) groups excluding carboxylic acids is 1. The first-order chi connectivity index (χ1) is 17.9. The molecule has 0 bridgehead atoms. The number of amides is 1. The standard InChI is InChI=1S/C26H27F3N6O3/c1-5-37-17-9-10-19-18(12-17)24(32-20-13-30-35-22(20)26(27,28)29)33-23(31-19)15-7-6-8-16(11-15)38-14-21(36)34-25(2,3)4/h6-13H,5,14H2,1-4H3,(H,30,35)(H,34,36)(H,31,32,33). The van der Waals surface area contributed by atoms with Crippen molar-refractivity contribution in [3.63, 3.8) is 0 Å². The number of alkyl halides is 3. The van der Waals surface area contributed by atoms with E-state index < -0.39 is 17.4 Å². The van der Waals surface area contributed by atoms with E-state index in [1.807, 2.05) is 32.8 Å². The second-order valence-corrected chi connectivity index (χ2v) is 9.40. The van der Waals surface area contributed by atoms with Gasteiger partial charge in [0.15, 0.2) is 18.1 Å². The van der Waals surface area contributed by atoms with Gasteiger partial charge < -0.3 is 20.1 Å². The number of benzene rings is 2. The highest BCUT2D eigenvalue weighted by molar-refractivity contribution is 5.93. The summed E-state index contributed by atoms with van der Waals surface area (Å²) in [6.07, 6.45) is -3.61. The Morgan fingerprint density at radius 1 is 1.03 bits per heavy atom. The molecule has 0 radical (unpaired) electrons. The summed E-state index contributed by atoms with van der Waals surface area (Å²) in [5, 5.41) is 11.5. The lowest BCUT2D eigenvalue weighted by Crippen LogP contribution is -2.43. The van der Waals surface area contributed by atoms with Gasteiger partial charge in [-0.15, -0.1) is 0 Å². The zero-order valence-electron chi connectivity index (χ0n) is 21.2. The second kappa shape index (κ2) is 10.6. The van der Waals surface area contributed by atoms with Crippen molar-refractivity contribution in [3.8, 4) is 22.9 Å². The summed E-state index contributed by atoms with van der Waals surface area (Å²) < 4.78 is 51.6. The lowest BCUT2D eigenvalue weighted by molar-refractivity contribution is -0.140. The summed E-state index contributed by atoms with van der Waals surface area (Å²) in [5.41, 5.74) is -0.689. The number of hydrogen-bond acceptors (Lipinski definition) is 7. The minimum absolute atomic E-state index is 0.134. The first-order valence-electron chi connectivity index (χ1n) is 11.8. The van der Waals surface area contributed by atoms with E-state index in [-0.39, 0.29) is 29.8 Å². The van der Waals surface area contributed by atoms with E-state index in [2.05, 4.69) is 25.7 Å². The topological polar surface area (TPSA) is 114 Å². The molecule has 12 heteroatoms. The van der Waals surface area contributed by atoms with E-state index in [0.717, 1.165) is 6.20 Å². The molecule has 0 aliphatic rings. The van der Waals surface area contributed by atoms with Gasteiger partial charge in [-0.05, 0) is 58.0 Å². The van der Waals surface area contributed by atoms with Crippen LogP contribution in [0.15, 0.2) is 48.7 Å². The van der Waals surface area contributed by atoms with E-state index >= 15 is 0 Å². The third-order valence-corrected chi connectivity index (χ3v) is 5.13. The summed E-state index contributed by atoms with van der Waals surface area (Å²) >= 11 is 0. The molecule has 9 nitrogen and oxygen atoms in total. The quantitative estimate of drug-likeness (QED) is 0.278. The molecule has 0 aliphatic carbocycles. The van der Waals surface area contributed by atoms with Crippen LogP contribution < -0.4 is 20.1 Å². The highest BCUT2D eigenvalue weighted by Gasteiger charge is 2.36. The number of aromatic nitrogens is 4. The number of rotatable bonds is 8. The van der Waals surface area contributed by atoms with Crippen LogP contribution in [0.4, 0.5) is 24.7 Å². The lowest BCUT2D eigenvalue weighted by atomic mass is 10.1. The Kier molecular flexibility index (Phi) is 7.42. The Morgan fingerprint density at radius 3 is 2.50 bits per heavy atom. The Balaban J connectivity index is 1.71. The molecule has 2 aromatic heterocycles. The molecule has 0 saturated carbocycles. The third-order valence-electron chi connectivity index (χ3n) is 5.13. The van der Waals surface area contributed by atoms with Crippen LogP contribution in [0.5, 0.6) is 11.5 Å². The SMILES string of the molecule is CCOc1ccc2nc(-c3cccc(OCC(=O)NC(C)(C)C)c3)nc(Nc3cn[nH]c3C(F)(F)F)c2c1. The molecule has 38 heavy (non-hydrogen) atoms. The fourth-order valence-corrected chi connectivity index (χ4v) is 3.64. The molecule has 0 unspecified atom stereocenters. The zero-order valence-corrected chi connectivity index (χ0v) is 21.2. The Morgan fingerprint density at radius 2 is 1.79 bits per heavy atom. The number of aromatic amines is 1. The van der Waals surface area contributed by atoms with Crippen molar-refractivity contribution in [1.82, 2.24) is 25.5 Å². The van der Waals surface area contributed by atoms with Gasteiger partial charge in [-0.3, -0.25) is 9.89 Å². The van der Waals surface area contributed by atoms with E-state index in [0.29, 0.717) is 34.6 Å². The van der Waals surface area contributed by atoms with Crippen LogP contribution in [0.3, 0.4) is 0 Å². The van der Waals surface area contributed by atoms with Gasteiger partial charge in [-0.25, -0.2) is 9.97 Å². The maximum Gasteiger partial charge on any atom is 0.434 e. The maximum absolute atomic E-state index is 13.5. The lowest BCUT2D eigenvalue weighted by Gasteiger charge is -2.20. The third kappa shape index (κ3) is 6.50. The van der Waals surface area contributed by atoms with Crippen molar-refractivity contribution < 1.29 is 27.4 Å². The Labute approximate surface area is 216 Å². The Bertz CT molecular complexity index is 1450. The summed E-state index contributed by atoms with van der Waals surface area (Å²) in [6.45, 7) is 7.65. The molecule has 1 amide bonds. The van der Waals surface area contributed by atoms with Gasteiger partial charge in [-0.2, -0.15) is 18.3 Å². The Hall–Kier alpha value is -4.35. The molecule has 200 valence electrons. The summed E-state index contributed by atoms with van der Waals surface area (Å²) in [6, 6.07) is 11.9. The summed E-state index contributed by atoms with van der Waals surface area (Å²) in [4.78, 5) is 21.3. The van der Waals surface area contributed by atoms with Crippen LogP contribution >= 0.6 is 0 Å². The predicted octanol–water partition coefficient (Wildman–Crippen LogP) is 5.47. The average Bonchev–Trinajstić information content (AvgIpc) is 3.31. The molecular weight excluding hydrogens is 501 g/mol. The smallest absolute Gasteiger partial charge is 0.434 e. The fraction of sp³-hybridized carbons (Fsp3) is 0.308. The highest BCUT2D eigenvalue weighted by atomic mass is 19.4. The van der Waals surface area contributed by atoms with E-state index in [4.69, 9.17) is 9.47 Å². The van der Waals surface area contributed by atoms with Gasteiger partial charge in [0.05, 0.1) is 24.0 Å². The number of halogens is 3.